The Morgan fingerprint density at radius 2 is 1.79 bits per heavy atom. The van der Waals surface area contributed by atoms with Gasteiger partial charge in [0.1, 0.15) is 5.82 Å². The maximum absolute atomic E-state index is 4.68. The molecule has 1 N–H and O–H groups in total. The van der Waals surface area contributed by atoms with Gasteiger partial charge in [-0.25, -0.2) is 9.97 Å². The molecule has 0 aliphatic heterocycles. The smallest absolute Gasteiger partial charge is 0.138 e. The van der Waals surface area contributed by atoms with E-state index in [2.05, 4.69) is 49.9 Å². The van der Waals surface area contributed by atoms with Gasteiger partial charge in [-0.3, -0.25) is 0 Å². The van der Waals surface area contributed by atoms with Gasteiger partial charge in [0.25, 0.3) is 0 Å². The van der Waals surface area contributed by atoms with E-state index in [1.807, 2.05) is 11.8 Å². The zero-order valence-corrected chi connectivity index (χ0v) is 13.7. The summed E-state index contributed by atoms with van der Waals surface area (Å²) in [5.41, 5.74) is 3.60. The van der Waals surface area contributed by atoms with Crippen LogP contribution in [0.25, 0.3) is 0 Å². The van der Waals surface area contributed by atoms with Crippen molar-refractivity contribution in [1.29, 1.82) is 0 Å². The number of thioether (sulfide) groups is 1. The van der Waals surface area contributed by atoms with Gasteiger partial charge in [0, 0.05) is 17.9 Å². The zero-order valence-electron chi connectivity index (χ0n) is 12.9. The molecule has 1 unspecified atom stereocenters. The lowest BCUT2D eigenvalue weighted by Gasteiger charge is -2.17. The highest BCUT2D eigenvalue weighted by Gasteiger charge is 2.14. The highest BCUT2D eigenvalue weighted by molar-refractivity contribution is 7.98. The first kappa shape index (κ1) is 16.4. The molecule has 0 saturated carbocycles. The van der Waals surface area contributed by atoms with Crippen LogP contribution < -0.4 is 5.32 Å². The first-order chi connectivity index (χ1) is 9.10. The van der Waals surface area contributed by atoms with Gasteiger partial charge in [0.05, 0.1) is 5.75 Å². The summed E-state index contributed by atoms with van der Waals surface area (Å²) in [7, 11) is 0. The highest BCUT2D eigenvalue weighted by atomic mass is 32.2. The van der Waals surface area contributed by atoms with E-state index in [9.17, 15) is 0 Å². The van der Waals surface area contributed by atoms with Gasteiger partial charge in [0.15, 0.2) is 0 Å². The van der Waals surface area contributed by atoms with Crippen molar-refractivity contribution < 1.29 is 0 Å². The van der Waals surface area contributed by atoms with Gasteiger partial charge in [-0.1, -0.05) is 20.8 Å². The monoisotopic (exact) mass is 281 g/mol. The molecule has 1 rings (SSSR count). The quantitative estimate of drug-likeness (QED) is 0.741. The molecule has 0 aliphatic rings. The van der Waals surface area contributed by atoms with Crippen molar-refractivity contribution >= 4 is 11.8 Å². The van der Waals surface area contributed by atoms with Crippen molar-refractivity contribution in [2.75, 3.05) is 18.8 Å². The number of nitrogens with one attached hydrogen (secondary N) is 1. The number of aryl methyl sites for hydroxylation is 2. The van der Waals surface area contributed by atoms with E-state index in [0.717, 1.165) is 36.1 Å². The Kier molecular flexibility index (Phi) is 7.39. The second-order valence-corrected chi connectivity index (χ2v) is 6.09. The standard InChI is InChI=1S/C15H27N3S/c1-6-8-19-10-14-17-12(4)15(13(5)18-14)11(3)9-16-7-2/h11,16H,6-10H2,1-5H3. The lowest BCUT2D eigenvalue weighted by Crippen LogP contribution is -2.21. The number of nitrogens with zero attached hydrogens (tertiary/aromatic N) is 2. The van der Waals surface area contributed by atoms with Crippen LogP contribution in [0.4, 0.5) is 0 Å². The van der Waals surface area contributed by atoms with Crippen LogP contribution in [0.1, 0.15) is 55.9 Å². The predicted octanol–water partition coefficient (Wildman–Crippen LogP) is 3.45. The van der Waals surface area contributed by atoms with Crippen LogP contribution in [-0.4, -0.2) is 28.8 Å². The van der Waals surface area contributed by atoms with Crippen LogP contribution in [-0.2, 0) is 5.75 Å². The molecule has 0 aliphatic carbocycles. The minimum absolute atomic E-state index is 0.470. The molecule has 0 radical (unpaired) electrons. The zero-order chi connectivity index (χ0) is 14.3. The Balaban J connectivity index is 2.78. The molecule has 19 heavy (non-hydrogen) atoms. The molecule has 1 aromatic rings. The van der Waals surface area contributed by atoms with E-state index in [1.165, 1.54) is 17.7 Å². The van der Waals surface area contributed by atoms with Gasteiger partial charge in [-0.15, -0.1) is 0 Å². The van der Waals surface area contributed by atoms with E-state index in [4.69, 9.17) is 0 Å². The first-order valence-electron chi connectivity index (χ1n) is 7.22. The van der Waals surface area contributed by atoms with E-state index in [1.54, 1.807) is 0 Å². The molecule has 108 valence electrons. The normalized spacial score (nSPS) is 12.7. The molecule has 1 aromatic heterocycles. The van der Waals surface area contributed by atoms with Gasteiger partial charge in [-0.05, 0) is 44.0 Å². The van der Waals surface area contributed by atoms with Crippen LogP contribution in [0, 0.1) is 13.8 Å². The highest BCUT2D eigenvalue weighted by Crippen LogP contribution is 2.22. The lowest BCUT2D eigenvalue weighted by atomic mass is 9.98. The minimum Gasteiger partial charge on any atom is -0.316 e. The minimum atomic E-state index is 0.470. The van der Waals surface area contributed by atoms with Crippen LogP contribution in [0.3, 0.4) is 0 Å². The number of hydrogen-bond donors (Lipinski definition) is 1. The molecular weight excluding hydrogens is 254 g/mol. The van der Waals surface area contributed by atoms with Gasteiger partial charge >= 0.3 is 0 Å². The molecule has 3 nitrogen and oxygen atoms in total. The van der Waals surface area contributed by atoms with Gasteiger partial charge in [0.2, 0.25) is 0 Å². The Bertz CT molecular complexity index is 370. The number of rotatable bonds is 8. The molecule has 0 spiro atoms. The molecular formula is C15H27N3S. The second kappa shape index (κ2) is 8.54. The Labute approximate surface area is 122 Å². The third-order valence-corrected chi connectivity index (χ3v) is 4.31. The van der Waals surface area contributed by atoms with Crippen molar-refractivity contribution in [1.82, 2.24) is 15.3 Å². The maximum atomic E-state index is 4.68. The van der Waals surface area contributed by atoms with Crippen LogP contribution in [0.15, 0.2) is 0 Å². The van der Waals surface area contributed by atoms with E-state index >= 15 is 0 Å². The molecule has 1 heterocycles. The fraction of sp³-hybridized carbons (Fsp3) is 0.733. The third-order valence-electron chi connectivity index (χ3n) is 3.15. The van der Waals surface area contributed by atoms with Crippen molar-refractivity contribution in [2.45, 2.75) is 52.7 Å². The summed E-state index contributed by atoms with van der Waals surface area (Å²) in [4.78, 5) is 9.35. The second-order valence-electron chi connectivity index (χ2n) is 4.99. The Hall–Kier alpha value is -0.610. The van der Waals surface area contributed by atoms with E-state index in [-0.39, 0.29) is 0 Å². The summed E-state index contributed by atoms with van der Waals surface area (Å²) in [5.74, 6) is 3.56. The third kappa shape index (κ3) is 5.11. The molecule has 0 amide bonds. The average Bonchev–Trinajstić information content (AvgIpc) is 2.36. The Morgan fingerprint density at radius 3 is 2.32 bits per heavy atom. The lowest BCUT2D eigenvalue weighted by molar-refractivity contribution is 0.623. The average molecular weight is 281 g/mol. The summed E-state index contributed by atoms with van der Waals surface area (Å²) in [6, 6.07) is 0. The Morgan fingerprint density at radius 1 is 1.16 bits per heavy atom. The van der Waals surface area contributed by atoms with E-state index in [0.29, 0.717) is 5.92 Å². The molecule has 0 saturated heterocycles. The largest absolute Gasteiger partial charge is 0.316 e. The number of aromatic nitrogens is 2. The molecule has 0 aromatic carbocycles. The fourth-order valence-corrected chi connectivity index (χ4v) is 3.09. The molecule has 0 fully saturated rings. The number of hydrogen-bond acceptors (Lipinski definition) is 4. The first-order valence-corrected chi connectivity index (χ1v) is 8.38. The SMILES string of the molecule is CCCSCc1nc(C)c(C(C)CNCC)c(C)n1. The van der Waals surface area contributed by atoms with Crippen LogP contribution >= 0.6 is 11.8 Å². The molecule has 0 bridgehead atoms. The fourth-order valence-electron chi connectivity index (χ4n) is 2.34. The van der Waals surface area contributed by atoms with Crippen LogP contribution in [0.2, 0.25) is 0 Å². The van der Waals surface area contributed by atoms with Gasteiger partial charge in [-0.2, -0.15) is 11.8 Å². The van der Waals surface area contributed by atoms with Crippen molar-refractivity contribution in [3.63, 3.8) is 0 Å². The summed E-state index contributed by atoms with van der Waals surface area (Å²) in [5, 5.41) is 3.40. The van der Waals surface area contributed by atoms with Crippen molar-refractivity contribution in [3.8, 4) is 0 Å². The van der Waals surface area contributed by atoms with Gasteiger partial charge < -0.3 is 5.32 Å². The molecule has 4 heteroatoms. The summed E-state index contributed by atoms with van der Waals surface area (Å²) in [6.07, 6.45) is 1.21. The number of likely N-dealkylation sites (N-methyl/N-ethyl adjacent to an activating group) is 1. The van der Waals surface area contributed by atoms with Crippen molar-refractivity contribution in [3.05, 3.63) is 22.8 Å². The summed E-state index contributed by atoms with van der Waals surface area (Å²) < 4.78 is 0. The predicted molar refractivity (Wildman–Crippen MR) is 84.9 cm³/mol. The van der Waals surface area contributed by atoms with Crippen molar-refractivity contribution in [2.24, 2.45) is 0 Å². The summed E-state index contributed by atoms with van der Waals surface area (Å²) >= 11 is 1.91. The topological polar surface area (TPSA) is 37.8 Å². The van der Waals surface area contributed by atoms with E-state index < -0.39 is 0 Å². The maximum Gasteiger partial charge on any atom is 0.138 e. The molecule has 1 atom stereocenters. The summed E-state index contributed by atoms with van der Waals surface area (Å²) in [6.45, 7) is 12.8. The van der Waals surface area contributed by atoms with Crippen LogP contribution in [0.5, 0.6) is 0 Å².